The van der Waals surface area contributed by atoms with Crippen molar-refractivity contribution < 1.29 is 13.6 Å². The molecule has 0 N–H and O–H groups in total. The zero-order valence-corrected chi connectivity index (χ0v) is 16.7. The van der Waals surface area contributed by atoms with E-state index in [0.717, 1.165) is 24.5 Å². The van der Waals surface area contributed by atoms with Crippen LogP contribution < -0.4 is 0 Å². The molecule has 3 unspecified atom stereocenters. The number of hydrogen-bond donors (Lipinski definition) is 0. The minimum Gasteiger partial charge on any atom is -0.327 e. The number of halogens is 3. The van der Waals surface area contributed by atoms with E-state index in [2.05, 4.69) is 4.98 Å². The second kappa shape index (κ2) is 6.91. The Kier molecular flexibility index (Phi) is 4.46. The third-order valence-electron chi connectivity index (χ3n) is 6.87. The van der Waals surface area contributed by atoms with Gasteiger partial charge in [-0.2, -0.15) is 0 Å². The number of ketones is 1. The Bertz CT molecular complexity index is 1080. The first-order valence-corrected chi connectivity index (χ1v) is 10.4. The number of nitrogens with zero attached hydrogens (tertiary/aromatic N) is 2. The van der Waals surface area contributed by atoms with E-state index in [1.54, 1.807) is 6.33 Å². The molecule has 0 radical (unpaired) electrons. The van der Waals surface area contributed by atoms with Crippen molar-refractivity contribution in [1.82, 2.24) is 9.55 Å². The molecule has 2 saturated carbocycles. The van der Waals surface area contributed by atoms with Crippen molar-refractivity contribution in [2.24, 2.45) is 23.7 Å². The van der Waals surface area contributed by atoms with E-state index in [-0.39, 0.29) is 17.7 Å². The molecule has 6 heteroatoms. The Morgan fingerprint density at radius 3 is 2.52 bits per heavy atom. The molecule has 29 heavy (non-hydrogen) atoms. The number of imidazole rings is 1. The predicted molar refractivity (Wildman–Crippen MR) is 108 cm³/mol. The lowest BCUT2D eigenvalue weighted by Crippen LogP contribution is -2.19. The fourth-order valence-electron chi connectivity index (χ4n) is 5.32. The molecular weight excluding hydrogens is 394 g/mol. The Morgan fingerprint density at radius 1 is 1.17 bits per heavy atom. The van der Waals surface area contributed by atoms with Gasteiger partial charge in [0.1, 0.15) is 5.78 Å². The average molecular weight is 415 g/mol. The molecule has 150 valence electrons. The highest BCUT2D eigenvalue weighted by Crippen LogP contribution is 2.64. The Balaban J connectivity index is 1.25. The van der Waals surface area contributed by atoms with Gasteiger partial charge in [-0.1, -0.05) is 30.7 Å². The fourth-order valence-corrected chi connectivity index (χ4v) is 5.45. The van der Waals surface area contributed by atoms with Crippen LogP contribution in [0.3, 0.4) is 0 Å². The zero-order valence-electron chi connectivity index (χ0n) is 16.0. The van der Waals surface area contributed by atoms with Crippen molar-refractivity contribution in [2.45, 2.75) is 32.2 Å². The van der Waals surface area contributed by atoms with Crippen LogP contribution in [-0.2, 0) is 11.2 Å². The van der Waals surface area contributed by atoms with E-state index < -0.39 is 11.6 Å². The average Bonchev–Trinajstić information content (AvgIpc) is 3.02. The number of aromatic nitrogens is 2. The maximum Gasteiger partial charge on any atom is 0.161 e. The van der Waals surface area contributed by atoms with Crippen molar-refractivity contribution in [1.29, 1.82) is 0 Å². The standard InChI is InChI=1S/C23H21ClF2N2O/c1-12(22(29)6-13-2-4-14(24)5-3-13)23-16-7-15(8-17(16)23)28-11-27-20-9-18(25)19(26)10-21(20)28/h2-5,9-12,15-17,23H,6-8H2,1H3/t12?,15?,16-,17+,23?. The molecular formula is C23H21ClF2N2O. The van der Waals surface area contributed by atoms with Crippen LogP contribution in [-0.4, -0.2) is 15.3 Å². The number of rotatable bonds is 5. The topological polar surface area (TPSA) is 34.9 Å². The van der Waals surface area contributed by atoms with E-state index in [0.29, 0.717) is 40.2 Å². The quantitative estimate of drug-likeness (QED) is 0.543. The van der Waals surface area contributed by atoms with Gasteiger partial charge in [-0.05, 0) is 48.3 Å². The molecule has 0 aliphatic heterocycles. The Labute approximate surface area is 172 Å². The van der Waals surface area contributed by atoms with E-state index in [9.17, 15) is 13.6 Å². The molecule has 0 bridgehead atoms. The molecule has 5 rings (SSSR count). The molecule has 5 atom stereocenters. The highest BCUT2D eigenvalue weighted by molar-refractivity contribution is 6.30. The molecule has 2 aliphatic carbocycles. The smallest absolute Gasteiger partial charge is 0.161 e. The van der Waals surface area contributed by atoms with E-state index in [1.165, 1.54) is 6.07 Å². The molecule has 2 aliphatic rings. The summed E-state index contributed by atoms with van der Waals surface area (Å²) in [4.78, 5) is 17.0. The number of carbonyl (C=O) groups excluding carboxylic acids is 1. The van der Waals surface area contributed by atoms with Gasteiger partial charge in [0.15, 0.2) is 11.6 Å². The first kappa shape index (κ1) is 18.7. The van der Waals surface area contributed by atoms with Crippen molar-refractivity contribution in [3.8, 4) is 0 Å². The first-order valence-electron chi connectivity index (χ1n) is 10.0. The number of Topliss-reactive ketones (excluding diaryl/α,β-unsaturated/α-hetero) is 1. The normalized spacial score (nSPS) is 26.5. The van der Waals surface area contributed by atoms with Crippen LogP contribution in [0.1, 0.15) is 31.4 Å². The molecule has 2 aromatic carbocycles. The minimum atomic E-state index is -0.870. The Morgan fingerprint density at radius 2 is 1.83 bits per heavy atom. The third kappa shape index (κ3) is 3.25. The third-order valence-corrected chi connectivity index (χ3v) is 7.13. The first-order chi connectivity index (χ1) is 13.9. The molecule has 0 amide bonds. The molecule has 3 aromatic rings. The maximum atomic E-state index is 13.7. The van der Waals surface area contributed by atoms with Gasteiger partial charge in [0.25, 0.3) is 0 Å². The highest BCUT2D eigenvalue weighted by atomic mass is 35.5. The van der Waals surface area contributed by atoms with Gasteiger partial charge < -0.3 is 4.57 Å². The van der Waals surface area contributed by atoms with Crippen LogP contribution in [0.5, 0.6) is 0 Å². The summed E-state index contributed by atoms with van der Waals surface area (Å²) in [5, 5.41) is 0.673. The van der Waals surface area contributed by atoms with Gasteiger partial charge in [-0.15, -0.1) is 0 Å². The molecule has 1 aromatic heterocycles. The Hall–Kier alpha value is -2.27. The molecule has 3 nitrogen and oxygen atoms in total. The van der Waals surface area contributed by atoms with Gasteiger partial charge in [0, 0.05) is 35.5 Å². The van der Waals surface area contributed by atoms with Crippen LogP contribution in [0, 0.1) is 35.3 Å². The van der Waals surface area contributed by atoms with Crippen molar-refractivity contribution >= 4 is 28.4 Å². The molecule has 1 heterocycles. The number of carbonyl (C=O) groups is 1. The van der Waals surface area contributed by atoms with Crippen LogP contribution in [0.15, 0.2) is 42.7 Å². The number of hydrogen-bond acceptors (Lipinski definition) is 2. The SMILES string of the molecule is CC(C(=O)Cc1ccc(Cl)cc1)C1[C@H]2CC(n3cnc4cc(F)c(F)cc43)C[C@@H]12. The maximum absolute atomic E-state index is 13.7. The van der Waals surface area contributed by atoms with E-state index in [1.807, 2.05) is 35.8 Å². The minimum absolute atomic E-state index is 0.0349. The summed E-state index contributed by atoms with van der Waals surface area (Å²) in [5.41, 5.74) is 2.11. The fraction of sp³-hybridized carbons (Fsp3) is 0.391. The largest absolute Gasteiger partial charge is 0.327 e. The van der Waals surface area contributed by atoms with Gasteiger partial charge in [0.2, 0.25) is 0 Å². The summed E-state index contributed by atoms with van der Waals surface area (Å²) in [6.45, 7) is 2.04. The predicted octanol–water partition coefficient (Wildman–Crippen LogP) is 5.61. The zero-order chi connectivity index (χ0) is 20.3. The van der Waals surface area contributed by atoms with Crippen molar-refractivity contribution in [2.75, 3.05) is 0 Å². The summed E-state index contributed by atoms with van der Waals surface area (Å²) in [6.07, 6.45) is 4.04. The second-order valence-electron chi connectivity index (χ2n) is 8.50. The van der Waals surface area contributed by atoms with Gasteiger partial charge >= 0.3 is 0 Å². The van der Waals surface area contributed by atoms with Gasteiger partial charge in [-0.3, -0.25) is 4.79 Å². The van der Waals surface area contributed by atoms with Gasteiger partial charge in [-0.25, -0.2) is 13.8 Å². The monoisotopic (exact) mass is 414 g/mol. The lowest BCUT2D eigenvalue weighted by Gasteiger charge is -2.19. The van der Waals surface area contributed by atoms with Gasteiger partial charge in [0.05, 0.1) is 17.4 Å². The van der Waals surface area contributed by atoms with Crippen molar-refractivity contribution in [3.63, 3.8) is 0 Å². The lowest BCUT2D eigenvalue weighted by atomic mass is 9.90. The highest BCUT2D eigenvalue weighted by Gasteiger charge is 2.59. The summed E-state index contributed by atoms with van der Waals surface area (Å²) in [7, 11) is 0. The lowest BCUT2D eigenvalue weighted by molar-refractivity contribution is -0.122. The summed E-state index contributed by atoms with van der Waals surface area (Å²) >= 11 is 5.91. The molecule has 2 fully saturated rings. The number of fused-ring (bicyclic) bond motifs is 2. The molecule has 0 saturated heterocycles. The molecule has 0 spiro atoms. The second-order valence-corrected chi connectivity index (χ2v) is 8.93. The van der Waals surface area contributed by atoms with Crippen LogP contribution in [0.25, 0.3) is 11.0 Å². The van der Waals surface area contributed by atoms with E-state index in [4.69, 9.17) is 11.6 Å². The van der Waals surface area contributed by atoms with E-state index >= 15 is 0 Å². The van der Waals surface area contributed by atoms with Crippen LogP contribution in [0.2, 0.25) is 5.02 Å². The van der Waals surface area contributed by atoms with Crippen molar-refractivity contribution in [3.05, 3.63) is 64.9 Å². The van der Waals surface area contributed by atoms with Crippen LogP contribution >= 0.6 is 11.6 Å². The summed E-state index contributed by atoms with van der Waals surface area (Å²) in [6, 6.07) is 10.1. The summed E-state index contributed by atoms with van der Waals surface area (Å²) in [5.74, 6) is 0.0576. The number of benzene rings is 2. The van der Waals surface area contributed by atoms with Crippen LogP contribution in [0.4, 0.5) is 8.78 Å². The summed E-state index contributed by atoms with van der Waals surface area (Å²) < 4.78 is 29.1.